The van der Waals surface area contributed by atoms with Crippen LogP contribution in [0.15, 0.2) is 58.9 Å². The van der Waals surface area contributed by atoms with E-state index >= 15 is 0 Å². The molecule has 5 nitrogen and oxygen atoms in total. The Labute approximate surface area is 167 Å². The second-order valence-corrected chi connectivity index (χ2v) is 8.23. The monoisotopic (exact) mass is 398 g/mol. The first-order chi connectivity index (χ1) is 13.2. The number of hydrogen-bond donors (Lipinski definition) is 2. The predicted molar refractivity (Wildman–Crippen MR) is 112 cm³/mol. The van der Waals surface area contributed by atoms with Crippen molar-refractivity contribution < 1.29 is 4.79 Å². The molecule has 0 aliphatic heterocycles. The molecule has 0 atom stereocenters. The summed E-state index contributed by atoms with van der Waals surface area (Å²) in [4.78, 5) is 12.0. The minimum absolute atomic E-state index is 0.0163. The van der Waals surface area contributed by atoms with Crippen LogP contribution in [0, 0.1) is 6.92 Å². The molecule has 2 N–H and O–H groups in total. The third kappa shape index (κ3) is 6.37. The van der Waals surface area contributed by atoms with Gasteiger partial charge in [-0.3, -0.25) is 4.79 Å². The summed E-state index contributed by atoms with van der Waals surface area (Å²) < 4.78 is 0.791. The molecule has 3 aromatic rings. The summed E-state index contributed by atoms with van der Waals surface area (Å²) >= 11 is 2.88. The third-order valence-electron chi connectivity index (χ3n) is 4.00. The van der Waals surface area contributed by atoms with Crippen molar-refractivity contribution in [2.24, 2.45) is 0 Å². The second-order valence-electron chi connectivity index (χ2n) is 6.03. The number of thioether (sulfide) groups is 1. The Morgan fingerprint density at radius 3 is 2.67 bits per heavy atom. The van der Waals surface area contributed by atoms with E-state index < -0.39 is 0 Å². The average molecular weight is 399 g/mol. The van der Waals surface area contributed by atoms with Crippen LogP contribution in [0.1, 0.15) is 16.7 Å². The zero-order chi connectivity index (χ0) is 18.9. The highest BCUT2D eigenvalue weighted by atomic mass is 32.2. The minimum Gasteiger partial charge on any atom is -0.356 e. The van der Waals surface area contributed by atoms with Crippen molar-refractivity contribution in [3.8, 4) is 0 Å². The Balaban J connectivity index is 1.36. The molecule has 0 bridgehead atoms. The van der Waals surface area contributed by atoms with E-state index in [-0.39, 0.29) is 5.91 Å². The Kier molecular flexibility index (Phi) is 7.24. The third-order valence-corrected chi connectivity index (χ3v) is 6.01. The van der Waals surface area contributed by atoms with Crippen molar-refractivity contribution in [3.63, 3.8) is 0 Å². The fourth-order valence-electron chi connectivity index (χ4n) is 2.52. The van der Waals surface area contributed by atoms with Crippen LogP contribution in [-0.2, 0) is 17.8 Å². The smallest absolute Gasteiger partial charge is 0.230 e. The number of anilines is 1. The Bertz CT molecular complexity index is 867. The summed E-state index contributed by atoms with van der Waals surface area (Å²) in [6.45, 7) is 3.44. The molecule has 1 amide bonds. The fraction of sp³-hybridized carbons (Fsp3) is 0.250. The standard InChI is InChI=1S/C20H22N4OS2/c1-15-7-5-6-10-17(15)11-12-21-18(25)14-26-20-24-23-19(27-20)22-13-16-8-3-2-4-9-16/h2-10H,11-14H2,1H3,(H,21,25)(H,22,23). The summed E-state index contributed by atoms with van der Waals surface area (Å²) in [6.07, 6.45) is 0.843. The van der Waals surface area contributed by atoms with Gasteiger partial charge in [0.1, 0.15) is 0 Å². The van der Waals surface area contributed by atoms with Gasteiger partial charge >= 0.3 is 0 Å². The maximum Gasteiger partial charge on any atom is 0.230 e. The Morgan fingerprint density at radius 2 is 1.85 bits per heavy atom. The molecule has 0 radical (unpaired) electrons. The van der Waals surface area contributed by atoms with Crippen molar-refractivity contribution >= 4 is 34.1 Å². The van der Waals surface area contributed by atoms with E-state index in [1.165, 1.54) is 39.8 Å². The van der Waals surface area contributed by atoms with Gasteiger partial charge in [0.15, 0.2) is 4.34 Å². The molecule has 140 valence electrons. The van der Waals surface area contributed by atoms with Crippen LogP contribution < -0.4 is 10.6 Å². The quantitative estimate of drug-likeness (QED) is 0.535. The van der Waals surface area contributed by atoms with E-state index in [2.05, 4.69) is 52.0 Å². The molecule has 1 aromatic heterocycles. The number of rotatable bonds is 9. The lowest BCUT2D eigenvalue weighted by Gasteiger charge is -2.06. The van der Waals surface area contributed by atoms with Gasteiger partial charge < -0.3 is 10.6 Å². The van der Waals surface area contributed by atoms with E-state index in [1.807, 2.05) is 30.3 Å². The lowest BCUT2D eigenvalue weighted by atomic mass is 10.1. The number of nitrogens with one attached hydrogen (secondary N) is 2. The van der Waals surface area contributed by atoms with Crippen LogP contribution in [0.3, 0.4) is 0 Å². The molecule has 2 aromatic carbocycles. The Hall–Kier alpha value is -2.38. The van der Waals surface area contributed by atoms with E-state index in [0.29, 0.717) is 18.8 Å². The van der Waals surface area contributed by atoms with Gasteiger partial charge in [-0.1, -0.05) is 77.7 Å². The number of benzene rings is 2. The predicted octanol–water partition coefficient (Wildman–Crippen LogP) is 3.91. The zero-order valence-corrected chi connectivity index (χ0v) is 16.8. The number of carbonyl (C=O) groups is 1. The van der Waals surface area contributed by atoms with E-state index in [9.17, 15) is 4.79 Å². The molecule has 0 aliphatic carbocycles. The normalized spacial score (nSPS) is 10.6. The van der Waals surface area contributed by atoms with Crippen LogP contribution in [0.25, 0.3) is 0 Å². The largest absolute Gasteiger partial charge is 0.356 e. The molecule has 0 fully saturated rings. The fourth-order valence-corrected chi connectivity index (χ4v) is 4.10. The first-order valence-corrected chi connectivity index (χ1v) is 10.6. The van der Waals surface area contributed by atoms with Crippen molar-refractivity contribution in [2.75, 3.05) is 17.6 Å². The van der Waals surface area contributed by atoms with Crippen molar-refractivity contribution in [2.45, 2.75) is 24.2 Å². The van der Waals surface area contributed by atoms with E-state index in [0.717, 1.165) is 15.9 Å². The highest BCUT2D eigenvalue weighted by Gasteiger charge is 2.08. The van der Waals surface area contributed by atoms with Crippen LogP contribution >= 0.6 is 23.1 Å². The summed E-state index contributed by atoms with van der Waals surface area (Å²) in [5.74, 6) is 0.365. The number of hydrogen-bond acceptors (Lipinski definition) is 6. The maximum atomic E-state index is 12.0. The van der Waals surface area contributed by atoms with Crippen LogP contribution in [0.5, 0.6) is 0 Å². The van der Waals surface area contributed by atoms with Crippen LogP contribution in [0.2, 0.25) is 0 Å². The molecule has 7 heteroatoms. The summed E-state index contributed by atoms with van der Waals surface area (Å²) in [5.41, 5.74) is 3.71. The number of carbonyl (C=O) groups excluding carboxylic acids is 1. The lowest BCUT2D eigenvalue weighted by Crippen LogP contribution is -2.27. The lowest BCUT2D eigenvalue weighted by molar-refractivity contribution is -0.118. The van der Waals surface area contributed by atoms with Crippen molar-refractivity contribution in [1.82, 2.24) is 15.5 Å². The highest BCUT2D eigenvalue weighted by Crippen LogP contribution is 2.25. The highest BCUT2D eigenvalue weighted by molar-refractivity contribution is 8.01. The summed E-state index contributed by atoms with van der Waals surface area (Å²) in [5, 5.41) is 15.2. The molecule has 0 unspecified atom stereocenters. The van der Waals surface area contributed by atoms with Crippen molar-refractivity contribution in [3.05, 3.63) is 71.3 Å². The molecule has 0 aliphatic rings. The van der Waals surface area contributed by atoms with Gasteiger partial charge in [0, 0.05) is 13.1 Å². The first-order valence-electron chi connectivity index (χ1n) is 8.76. The second kappa shape index (κ2) is 10.1. The van der Waals surface area contributed by atoms with Gasteiger partial charge in [0.05, 0.1) is 5.75 Å². The van der Waals surface area contributed by atoms with Gasteiger partial charge in [0.2, 0.25) is 11.0 Å². The number of nitrogens with zero attached hydrogens (tertiary/aromatic N) is 2. The minimum atomic E-state index is 0.0163. The SMILES string of the molecule is Cc1ccccc1CCNC(=O)CSc1nnc(NCc2ccccc2)s1. The number of amides is 1. The molecule has 1 heterocycles. The van der Waals surface area contributed by atoms with Crippen LogP contribution in [0.4, 0.5) is 5.13 Å². The van der Waals surface area contributed by atoms with Gasteiger partial charge in [-0.25, -0.2) is 0 Å². The molecule has 0 saturated carbocycles. The van der Waals surface area contributed by atoms with Gasteiger partial charge in [-0.05, 0) is 30.0 Å². The molecule has 0 spiro atoms. The van der Waals surface area contributed by atoms with Gasteiger partial charge in [-0.15, -0.1) is 10.2 Å². The molecule has 0 saturated heterocycles. The van der Waals surface area contributed by atoms with Crippen molar-refractivity contribution in [1.29, 1.82) is 0 Å². The van der Waals surface area contributed by atoms with Crippen LogP contribution in [-0.4, -0.2) is 28.4 Å². The molecular formula is C20H22N4OS2. The number of aromatic nitrogens is 2. The van der Waals surface area contributed by atoms with Gasteiger partial charge in [-0.2, -0.15) is 0 Å². The van der Waals surface area contributed by atoms with Gasteiger partial charge in [0.25, 0.3) is 0 Å². The topological polar surface area (TPSA) is 66.9 Å². The zero-order valence-electron chi connectivity index (χ0n) is 15.1. The average Bonchev–Trinajstić information content (AvgIpc) is 3.15. The van der Waals surface area contributed by atoms with E-state index in [1.54, 1.807) is 0 Å². The molecular weight excluding hydrogens is 376 g/mol. The molecule has 3 rings (SSSR count). The molecule has 27 heavy (non-hydrogen) atoms. The Morgan fingerprint density at radius 1 is 1.07 bits per heavy atom. The van der Waals surface area contributed by atoms with E-state index in [4.69, 9.17) is 0 Å². The summed E-state index contributed by atoms with van der Waals surface area (Å²) in [7, 11) is 0. The number of aryl methyl sites for hydroxylation is 1. The summed E-state index contributed by atoms with van der Waals surface area (Å²) in [6, 6.07) is 18.4. The first kappa shape index (κ1) is 19.4. The maximum absolute atomic E-state index is 12.0.